The lowest BCUT2D eigenvalue weighted by atomic mass is 10.1. The van der Waals surface area contributed by atoms with E-state index in [0.29, 0.717) is 24.6 Å². The lowest BCUT2D eigenvalue weighted by Gasteiger charge is -2.32. The molecule has 0 radical (unpaired) electrons. The molecule has 1 fully saturated rings. The molecule has 1 saturated heterocycles. The zero-order valence-electron chi connectivity index (χ0n) is 15.6. The van der Waals surface area contributed by atoms with Gasteiger partial charge < -0.3 is 4.42 Å². The van der Waals surface area contributed by atoms with E-state index in [1.165, 1.54) is 0 Å². The van der Waals surface area contributed by atoms with E-state index in [9.17, 15) is 21.6 Å². The summed E-state index contributed by atoms with van der Waals surface area (Å²) in [6.45, 7) is 0.143. The van der Waals surface area contributed by atoms with Crippen LogP contribution in [0.25, 0.3) is 11.6 Å². The van der Waals surface area contributed by atoms with Crippen molar-refractivity contribution in [1.82, 2.24) is 19.5 Å². The van der Waals surface area contributed by atoms with E-state index >= 15 is 0 Å². The first kappa shape index (κ1) is 20.5. The number of piperidine rings is 1. The fourth-order valence-corrected chi connectivity index (χ4v) is 5.07. The molecule has 1 aromatic carbocycles. The Kier molecular flexibility index (Phi) is 5.33. The number of hydrogen-bond donors (Lipinski definition) is 0. The molecule has 0 spiro atoms. The number of hydrogen-bond acceptors (Lipinski definition) is 6. The van der Waals surface area contributed by atoms with Crippen molar-refractivity contribution in [2.45, 2.75) is 36.4 Å². The Labute approximate surface area is 170 Å². The normalized spacial score (nSPS) is 18.4. The summed E-state index contributed by atoms with van der Waals surface area (Å²) in [4.78, 5) is 3.70. The van der Waals surface area contributed by atoms with Crippen molar-refractivity contribution in [2.75, 3.05) is 6.54 Å². The molecule has 2 aromatic heterocycles. The minimum atomic E-state index is -4.64. The second-order valence-corrected chi connectivity index (χ2v) is 8.70. The van der Waals surface area contributed by atoms with Crippen LogP contribution in [-0.2, 0) is 16.2 Å². The molecule has 11 heteroatoms. The number of benzene rings is 1. The Morgan fingerprint density at radius 1 is 1.07 bits per heavy atom. The van der Waals surface area contributed by atoms with Gasteiger partial charge in [0.25, 0.3) is 5.89 Å². The van der Waals surface area contributed by atoms with E-state index in [2.05, 4.69) is 15.2 Å². The van der Waals surface area contributed by atoms with Gasteiger partial charge in [-0.25, -0.2) is 8.42 Å². The molecule has 0 aliphatic carbocycles. The third-order valence-corrected chi connectivity index (χ3v) is 6.74. The molecular formula is C19H17F3N4O3S. The van der Waals surface area contributed by atoms with Crippen molar-refractivity contribution in [3.8, 4) is 11.6 Å². The Hall–Kier alpha value is -2.79. The summed E-state index contributed by atoms with van der Waals surface area (Å²) in [6.07, 6.45) is -1.36. The number of halogens is 3. The van der Waals surface area contributed by atoms with Crippen molar-refractivity contribution in [3.63, 3.8) is 0 Å². The van der Waals surface area contributed by atoms with Gasteiger partial charge in [-0.05, 0) is 43.2 Å². The van der Waals surface area contributed by atoms with Crippen LogP contribution in [0.3, 0.4) is 0 Å². The minimum absolute atomic E-state index is 0.0888. The molecule has 0 N–H and O–H groups in total. The molecule has 0 unspecified atom stereocenters. The number of nitrogens with zero attached hydrogens (tertiary/aromatic N) is 4. The number of sulfonamides is 1. The molecule has 30 heavy (non-hydrogen) atoms. The topological polar surface area (TPSA) is 89.2 Å². The maximum absolute atomic E-state index is 13.2. The number of aromatic nitrogens is 3. The van der Waals surface area contributed by atoms with Gasteiger partial charge in [0.15, 0.2) is 0 Å². The summed E-state index contributed by atoms with van der Waals surface area (Å²) in [5.41, 5.74) is -0.577. The van der Waals surface area contributed by atoms with Crippen LogP contribution in [0.1, 0.15) is 36.8 Å². The highest BCUT2D eigenvalue weighted by molar-refractivity contribution is 7.89. The quantitative estimate of drug-likeness (QED) is 0.610. The number of pyridine rings is 1. The Morgan fingerprint density at radius 2 is 1.90 bits per heavy atom. The highest BCUT2D eigenvalue weighted by Gasteiger charge is 2.39. The largest absolute Gasteiger partial charge is 0.417 e. The highest BCUT2D eigenvalue weighted by atomic mass is 32.2. The molecule has 4 rings (SSSR count). The second kappa shape index (κ2) is 7.80. The van der Waals surface area contributed by atoms with Gasteiger partial charge in [0.1, 0.15) is 11.7 Å². The monoisotopic (exact) mass is 438 g/mol. The molecule has 0 amide bonds. The van der Waals surface area contributed by atoms with Crippen LogP contribution in [0, 0.1) is 0 Å². The van der Waals surface area contributed by atoms with Gasteiger partial charge in [-0.3, -0.25) is 4.98 Å². The van der Waals surface area contributed by atoms with Crippen LogP contribution in [-0.4, -0.2) is 34.4 Å². The molecule has 3 aromatic rings. The summed E-state index contributed by atoms with van der Waals surface area (Å²) in [5, 5.41) is 7.94. The molecule has 0 bridgehead atoms. The van der Waals surface area contributed by atoms with Gasteiger partial charge in [0.05, 0.1) is 10.5 Å². The van der Waals surface area contributed by atoms with Crippen LogP contribution in [0.5, 0.6) is 0 Å². The molecule has 158 valence electrons. The van der Waals surface area contributed by atoms with Gasteiger partial charge in [0, 0.05) is 12.7 Å². The summed E-state index contributed by atoms with van der Waals surface area (Å²) in [7, 11) is -4.21. The maximum atomic E-state index is 13.2. The summed E-state index contributed by atoms with van der Waals surface area (Å²) >= 11 is 0. The lowest BCUT2D eigenvalue weighted by Crippen LogP contribution is -2.38. The Bertz CT molecular complexity index is 1130. The second-order valence-electron chi connectivity index (χ2n) is 6.81. The third kappa shape index (κ3) is 3.94. The SMILES string of the molecule is O=S(=O)(c1cccc(C(F)(F)F)c1)N1CCCC[C@@H]1c1nnc(-c2ccccn2)o1. The standard InChI is InChI=1S/C19H17F3N4O3S/c20-19(21,22)13-6-5-7-14(12-13)30(27,28)26-11-4-2-9-16(26)18-25-24-17(29-18)15-8-1-3-10-23-15/h1,3,5-8,10,12,16H,2,4,9,11H2/t16-/m1/s1. The smallest absolute Gasteiger partial charge is 0.416 e. The predicted octanol–water partition coefficient (Wildman–Crippen LogP) is 4.07. The van der Waals surface area contributed by atoms with Crippen LogP contribution < -0.4 is 0 Å². The zero-order valence-corrected chi connectivity index (χ0v) is 16.4. The van der Waals surface area contributed by atoms with Crippen molar-refractivity contribution in [2.24, 2.45) is 0 Å². The average molecular weight is 438 g/mol. The molecule has 1 atom stereocenters. The van der Waals surface area contributed by atoms with Crippen LogP contribution in [0.2, 0.25) is 0 Å². The van der Waals surface area contributed by atoms with E-state index in [0.717, 1.165) is 28.9 Å². The van der Waals surface area contributed by atoms with Crippen LogP contribution in [0.4, 0.5) is 13.2 Å². The van der Waals surface area contributed by atoms with Gasteiger partial charge in [-0.2, -0.15) is 17.5 Å². The van der Waals surface area contributed by atoms with Crippen molar-refractivity contribution in [3.05, 3.63) is 60.1 Å². The summed E-state index contributed by atoms with van der Waals surface area (Å²) < 4.78 is 72.4. The van der Waals surface area contributed by atoms with E-state index < -0.39 is 32.7 Å². The van der Waals surface area contributed by atoms with Gasteiger partial charge in [-0.1, -0.05) is 18.6 Å². The molecule has 1 aliphatic rings. The molecule has 0 saturated carbocycles. The van der Waals surface area contributed by atoms with Crippen LogP contribution >= 0.6 is 0 Å². The third-order valence-electron chi connectivity index (χ3n) is 4.83. The van der Waals surface area contributed by atoms with Crippen LogP contribution in [0.15, 0.2) is 58.0 Å². The average Bonchev–Trinajstić information content (AvgIpc) is 3.24. The van der Waals surface area contributed by atoms with Crippen molar-refractivity contribution < 1.29 is 26.0 Å². The predicted molar refractivity (Wildman–Crippen MR) is 99.5 cm³/mol. The fraction of sp³-hybridized carbons (Fsp3) is 0.316. The maximum Gasteiger partial charge on any atom is 0.416 e. The van der Waals surface area contributed by atoms with E-state index in [1.807, 2.05) is 0 Å². The zero-order chi connectivity index (χ0) is 21.4. The minimum Gasteiger partial charge on any atom is -0.417 e. The summed E-state index contributed by atoms with van der Waals surface area (Å²) in [5.74, 6) is 0.235. The van der Waals surface area contributed by atoms with Gasteiger partial charge in [0.2, 0.25) is 15.9 Å². The van der Waals surface area contributed by atoms with E-state index in [4.69, 9.17) is 4.42 Å². The number of alkyl halides is 3. The first-order valence-corrected chi connectivity index (χ1v) is 10.6. The Balaban J connectivity index is 1.68. The summed E-state index contributed by atoms with van der Waals surface area (Å²) in [6, 6.07) is 8.11. The number of rotatable bonds is 4. The first-order chi connectivity index (χ1) is 14.3. The Morgan fingerprint density at radius 3 is 2.63 bits per heavy atom. The molecular weight excluding hydrogens is 421 g/mol. The fourth-order valence-electron chi connectivity index (χ4n) is 3.37. The van der Waals surface area contributed by atoms with Crippen molar-refractivity contribution >= 4 is 10.0 Å². The highest BCUT2D eigenvalue weighted by Crippen LogP contribution is 2.37. The molecule has 7 nitrogen and oxygen atoms in total. The van der Waals surface area contributed by atoms with Crippen molar-refractivity contribution in [1.29, 1.82) is 0 Å². The van der Waals surface area contributed by atoms with Gasteiger partial charge in [-0.15, -0.1) is 10.2 Å². The van der Waals surface area contributed by atoms with E-state index in [-0.39, 0.29) is 18.3 Å². The molecule has 3 heterocycles. The van der Waals surface area contributed by atoms with E-state index in [1.54, 1.807) is 24.4 Å². The molecule has 1 aliphatic heterocycles. The lowest BCUT2D eigenvalue weighted by molar-refractivity contribution is -0.137. The van der Waals surface area contributed by atoms with Gasteiger partial charge >= 0.3 is 6.18 Å². The first-order valence-electron chi connectivity index (χ1n) is 9.21.